The Balaban J connectivity index is 2.22. The van der Waals surface area contributed by atoms with E-state index in [1.807, 2.05) is 0 Å². The number of likely N-dealkylation sites (N-methyl/N-ethyl adjacent to an activating group) is 1. The Kier molecular flexibility index (Phi) is 4.33. The molecule has 0 saturated carbocycles. The molecule has 2 heterocycles. The summed E-state index contributed by atoms with van der Waals surface area (Å²) in [5, 5.41) is 3.29. The van der Waals surface area contributed by atoms with Crippen LogP contribution in [0.25, 0.3) is 0 Å². The maximum absolute atomic E-state index is 12.1. The Morgan fingerprint density at radius 2 is 2.44 bits per heavy atom. The molecule has 1 aliphatic heterocycles. The number of morpholine rings is 1. The van der Waals surface area contributed by atoms with Crippen LogP contribution in [0, 0.1) is 0 Å². The SMILES string of the molecule is CCNCC1COCCN1c1nccn(C)c1=O. The van der Waals surface area contributed by atoms with Crippen molar-refractivity contribution in [1.82, 2.24) is 14.9 Å². The highest BCUT2D eigenvalue weighted by molar-refractivity contribution is 5.38. The number of aromatic nitrogens is 2. The van der Waals surface area contributed by atoms with Crippen molar-refractivity contribution in [2.75, 3.05) is 37.7 Å². The highest BCUT2D eigenvalue weighted by Crippen LogP contribution is 2.12. The van der Waals surface area contributed by atoms with Crippen molar-refractivity contribution >= 4 is 5.82 Å². The van der Waals surface area contributed by atoms with Gasteiger partial charge >= 0.3 is 0 Å². The van der Waals surface area contributed by atoms with Gasteiger partial charge in [-0.3, -0.25) is 4.79 Å². The third-order valence-corrected chi connectivity index (χ3v) is 3.13. The van der Waals surface area contributed by atoms with Gasteiger partial charge in [0.1, 0.15) is 0 Å². The number of nitrogens with one attached hydrogen (secondary N) is 1. The topological polar surface area (TPSA) is 59.4 Å². The predicted molar refractivity (Wildman–Crippen MR) is 70.0 cm³/mol. The normalized spacial score (nSPS) is 20.1. The lowest BCUT2D eigenvalue weighted by molar-refractivity contribution is 0.0933. The van der Waals surface area contributed by atoms with Crippen molar-refractivity contribution in [3.05, 3.63) is 22.7 Å². The lowest BCUT2D eigenvalue weighted by atomic mass is 10.2. The molecule has 1 aromatic heterocycles. The molecule has 1 fully saturated rings. The number of anilines is 1. The fourth-order valence-corrected chi connectivity index (χ4v) is 2.10. The van der Waals surface area contributed by atoms with Gasteiger partial charge in [-0.2, -0.15) is 0 Å². The minimum Gasteiger partial charge on any atom is -0.377 e. The summed E-state index contributed by atoms with van der Waals surface area (Å²) in [5.74, 6) is 0.520. The average Bonchev–Trinajstić information content (AvgIpc) is 2.40. The van der Waals surface area contributed by atoms with E-state index in [1.165, 1.54) is 0 Å². The van der Waals surface area contributed by atoms with Crippen LogP contribution in [0.15, 0.2) is 17.2 Å². The first-order valence-electron chi connectivity index (χ1n) is 6.30. The van der Waals surface area contributed by atoms with E-state index in [1.54, 1.807) is 24.0 Å². The Morgan fingerprint density at radius 3 is 3.22 bits per heavy atom. The molecule has 0 aliphatic carbocycles. The largest absolute Gasteiger partial charge is 0.377 e. The molecule has 1 unspecified atom stereocenters. The van der Waals surface area contributed by atoms with Crippen molar-refractivity contribution < 1.29 is 4.74 Å². The van der Waals surface area contributed by atoms with E-state index in [0.29, 0.717) is 25.6 Å². The second-order valence-corrected chi connectivity index (χ2v) is 4.40. The van der Waals surface area contributed by atoms with Crippen LogP contribution in [-0.4, -0.2) is 48.4 Å². The first kappa shape index (κ1) is 13.0. The van der Waals surface area contributed by atoms with Crippen molar-refractivity contribution in [1.29, 1.82) is 0 Å². The molecule has 0 amide bonds. The number of ether oxygens (including phenoxy) is 1. The second kappa shape index (κ2) is 5.97. The molecule has 6 heteroatoms. The van der Waals surface area contributed by atoms with E-state index in [0.717, 1.165) is 13.1 Å². The summed E-state index contributed by atoms with van der Waals surface area (Å²) in [6, 6.07) is 0.168. The molecule has 1 saturated heterocycles. The molecule has 0 aromatic carbocycles. The van der Waals surface area contributed by atoms with Gasteiger partial charge in [-0.05, 0) is 6.54 Å². The van der Waals surface area contributed by atoms with Crippen LogP contribution in [0.1, 0.15) is 6.92 Å². The Labute approximate surface area is 107 Å². The summed E-state index contributed by atoms with van der Waals surface area (Å²) in [7, 11) is 1.74. The van der Waals surface area contributed by atoms with Gasteiger partial charge < -0.3 is 19.5 Å². The number of rotatable bonds is 4. The number of aryl methyl sites for hydroxylation is 1. The van der Waals surface area contributed by atoms with E-state index in [4.69, 9.17) is 4.74 Å². The lowest BCUT2D eigenvalue weighted by Crippen LogP contribution is -2.52. The quantitative estimate of drug-likeness (QED) is 0.790. The van der Waals surface area contributed by atoms with E-state index in [2.05, 4.69) is 22.1 Å². The number of hydrogen-bond acceptors (Lipinski definition) is 5. The molecule has 1 N–H and O–H groups in total. The first-order valence-corrected chi connectivity index (χ1v) is 6.30. The molecular formula is C12H20N4O2. The van der Waals surface area contributed by atoms with Gasteiger partial charge in [0, 0.05) is 32.5 Å². The van der Waals surface area contributed by atoms with Crippen LogP contribution < -0.4 is 15.8 Å². The Hall–Kier alpha value is -1.40. The summed E-state index contributed by atoms with van der Waals surface area (Å²) >= 11 is 0. The fourth-order valence-electron chi connectivity index (χ4n) is 2.10. The smallest absolute Gasteiger partial charge is 0.293 e. The monoisotopic (exact) mass is 252 g/mol. The zero-order chi connectivity index (χ0) is 13.0. The zero-order valence-corrected chi connectivity index (χ0v) is 10.9. The molecule has 6 nitrogen and oxygen atoms in total. The third kappa shape index (κ3) is 2.70. The molecule has 2 rings (SSSR count). The van der Waals surface area contributed by atoms with Gasteiger partial charge in [-0.15, -0.1) is 0 Å². The van der Waals surface area contributed by atoms with Crippen LogP contribution in [-0.2, 0) is 11.8 Å². The van der Waals surface area contributed by atoms with Gasteiger partial charge in [0.15, 0.2) is 5.82 Å². The maximum atomic E-state index is 12.1. The summed E-state index contributed by atoms with van der Waals surface area (Å²) in [4.78, 5) is 18.4. The molecule has 1 aliphatic rings. The predicted octanol–water partition coefficient (Wildman–Crippen LogP) is -0.405. The van der Waals surface area contributed by atoms with Crippen LogP contribution in [0.4, 0.5) is 5.82 Å². The molecule has 1 aromatic rings. The highest BCUT2D eigenvalue weighted by atomic mass is 16.5. The van der Waals surface area contributed by atoms with E-state index in [-0.39, 0.29) is 11.6 Å². The minimum atomic E-state index is -0.0547. The Bertz CT molecular complexity index is 446. The van der Waals surface area contributed by atoms with Crippen molar-refractivity contribution in [3.8, 4) is 0 Å². The third-order valence-electron chi connectivity index (χ3n) is 3.13. The first-order chi connectivity index (χ1) is 8.74. The van der Waals surface area contributed by atoms with Gasteiger partial charge in [0.05, 0.1) is 19.3 Å². The summed E-state index contributed by atoms with van der Waals surface area (Å²) in [5.41, 5.74) is -0.0547. The average molecular weight is 252 g/mol. The lowest BCUT2D eigenvalue weighted by Gasteiger charge is -2.36. The summed E-state index contributed by atoms with van der Waals surface area (Å²) in [6.07, 6.45) is 3.34. The van der Waals surface area contributed by atoms with Crippen LogP contribution >= 0.6 is 0 Å². The second-order valence-electron chi connectivity index (χ2n) is 4.40. The van der Waals surface area contributed by atoms with Crippen LogP contribution in [0.2, 0.25) is 0 Å². The summed E-state index contributed by atoms with van der Waals surface area (Å²) in [6.45, 7) is 5.76. The van der Waals surface area contributed by atoms with E-state index in [9.17, 15) is 4.79 Å². The minimum absolute atomic E-state index is 0.0547. The molecule has 0 radical (unpaired) electrons. The van der Waals surface area contributed by atoms with Crippen LogP contribution in [0.5, 0.6) is 0 Å². The van der Waals surface area contributed by atoms with Crippen molar-refractivity contribution in [2.24, 2.45) is 7.05 Å². The van der Waals surface area contributed by atoms with Gasteiger partial charge in [0.25, 0.3) is 5.56 Å². The zero-order valence-electron chi connectivity index (χ0n) is 10.9. The Morgan fingerprint density at radius 1 is 1.61 bits per heavy atom. The molecule has 1 atom stereocenters. The number of hydrogen-bond donors (Lipinski definition) is 1. The van der Waals surface area contributed by atoms with E-state index < -0.39 is 0 Å². The van der Waals surface area contributed by atoms with Crippen molar-refractivity contribution in [3.63, 3.8) is 0 Å². The van der Waals surface area contributed by atoms with E-state index >= 15 is 0 Å². The molecular weight excluding hydrogens is 232 g/mol. The molecule has 100 valence electrons. The van der Waals surface area contributed by atoms with Crippen LogP contribution in [0.3, 0.4) is 0 Å². The van der Waals surface area contributed by atoms with Gasteiger partial charge in [-0.25, -0.2) is 4.98 Å². The molecule has 18 heavy (non-hydrogen) atoms. The van der Waals surface area contributed by atoms with Gasteiger partial charge in [0.2, 0.25) is 0 Å². The van der Waals surface area contributed by atoms with Gasteiger partial charge in [-0.1, -0.05) is 6.92 Å². The highest BCUT2D eigenvalue weighted by Gasteiger charge is 2.25. The summed E-state index contributed by atoms with van der Waals surface area (Å²) < 4.78 is 7.04. The maximum Gasteiger partial charge on any atom is 0.293 e. The number of nitrogens with zero attached hydrogens (tertiary/aromatic N) is 3. The standard InChI is InChI=1S/C12H20N4O2/c1-3-13-8-10-9-18-7-6-16(10)11-12(17)15(2)5-4-14-11/h4-5,10,13H,3,6-9H2,1-2H3. The van der Waals surface area contributed by atoms with Crippen molar-refractivity contribution in [2.45, 2.75) is 13.0 Å². The molecule has 0 bridgehead atoms. The fraction of sp³-hybridized carbons (Fsp3) is 0.667. The molecule has 0 spiro atoms.